The fourth-order valence-corrected chi connectivity index (χ4v) is 5.77. The second kappa shape index (κ2) is 12.9. The smallest absolute Gasteiger partial charge is 0.214 e. The third kappa shape index (κ3) is 7.14. The van der Waals surface area contributed by atoms with Crippen LogP contribution in [0.15, 0.2) is 85.5 Å². The maximum absolute atomic E-state index is 12.1. The summed E-state index contributed by atoms with van der Waals surface area (Å²) in [5.41, 5.74) is 3.05. The summed E-state index contributed by atoms with van der Waals surface area (Å²) in [6.07, 6.45) is 8.95. The minimum Gasteiger partial charge on any atom is -0.355 e. The van der Waals surface area contributed by atoms with Crippen LogP contribution in [0.25, 0.3) is 0 Å². The van der Waals surface area contributed by atoms with E-state index in [4.69, 9.17) is 10.5 Å². The van der Waals surface area contributed by atoms with Crippen molar-refractivity contribution in [1.29, 1.82) is 10.5 Å². The lowest BCUT2D eigenvalue weighted by Gasteiger charge is -2.20. The second-order valence-corrected chi connectivity index (χ2v) is 11.5. The van der Waals surface area contributed by atoms with E-state index in [0.717, 1.165) is 61.8 Å². The number of hydrogen-bond donors (Lipinski definition) is 1. The second-order valence-electron chi connectivity index (χ2n) is 11.5. The zero-order valence-electron chi connectivity index (χ0n) is 24.5. The Balaban J connectivity index is 0.000000132. The minimum absolute atomic E-state index is 0.0852. The molecule has 4 aromatic heterocycles. The molecule has 45 heavy (non-hydrogen) atoms. The quantitative estimate of drug-likeness (QED) is 0.256. The topological polar surface area (TPSA) is 114 Å². The highest BCUT2D eigenvalue weighted by Gasteiger charge is 2.59. The molecule has 1 N–H and O–H groups in total. The molecule has 4 aromatic rings. The lowest BCUT2D eigenvalue weighted by molar-refractivity contribution is 0.583. The van der Waals surface area contributed by atoms with Gasteiger partial charge in [-0.1, -0.05) is 24.0 Å². The zero-order valence-corrected chi connectivity index (χ0v) is 24.5. The van der Waals surface area contributed by atoms with Gasteiger partial charge in [0.25, 0.3) is 0 Å². The van der Waals surface area contributed by atoms with E-state index in [1.807, 2.05) is 42.5 Å². The maximum atomic E-state index is 12.1. The Morgan fingerprint density at radius 1 is 0.756 bits per heavy atom. The van der Waals surface area contributed by atoms with E-state index in [-0.39, 0.29) is 5.41 Å². The number of anilines is 1. The highest BCUT2D eigenvalue weighted by atomic mass is 19.1. The van der Waals surface area contributed by atoms with Gasteiger partial charge >= 0.3 is 0 Å². The van der Waals surface area contributed by atoms with Crippen molar-refractivity contribution in [1.82, 2.24) is 25.3 Å². The lowest BCUT2D eigenvalue weighted by Crippen LogP contribution is -2.25. The molecule has 2 saturated carbocycles. The van der Waals surface area contributed by atoms with Gasteiger partial charge in [-0.2, -0.15) is 14.9 Å². The predicted molar refractivity (Wildman–Crippen MR) is 166 cm³/mol. The standard InChI is InChI=1S/C18H14N4.C12H12N2.C6H3FN2/c19-11-14-5-8-21-17(9-14)22-12-15-10-18(15,13-22)6-4-16-3-1-2-7-20-16;1-2-6-14-11(3-1)4-5-12-7-10(12)8-13-9-12;7-6-3-5(4-8)1-2-9-6/h1-3,5,7-9,15H,10,12-13H2;1-3,6,10,13H,7-9H2;1-3H. The Bertz CT molecular complexity index is 1880. The Hall–Kier alpha value is -5.61. The summed E-state index contributed by atoms with van der Waals surface area (Å²) in [5.74, 6) is 14.8. The number of piperidine rings is 2. The van der Waals surface area contributed by atoms with Crippen molar-refractivity contribution in [2.45, 2.75) is 12.8 Å². The van der Waals surface area contributed by atoms with E-state index in [9.17, 15) is 4.39 Å². The van der Waals surface area contributed by atoms with Crippen LogP contribution in [0.4, 0.5) is 10.2 Å². The molecule has 220 valence electrons. The van der Waals surface area contributed by atoms with Crippen LogP contribution in [-0.4, -0.2) is 46.1 Å². The van der Waals surface area contributed by atoms with Crippen molar-refractivity contribution in [2.24, 2.45) is 22.7 Å². The first-order valence-electron chi connectivity index (χ1n) is 14.7. The molecule has 0 aromatic carbocycles. The number of aromatic nitrogens is 4. The fraction of sp³-hybridized carbons (Fsp3) is 0.278. The average Bonchev–Trinajstić information content (AvgIpc) is 3.88. The molecule has 0 bridgehead atoms. The number of fused-ring (bicyclic) bond motifs is 2. The van der Waals surface area contributed by atoms with Gasteiger partial charge in [-0.25, -0.2) is 19.9 Å². The van der Waals surface area contributed by atoms with Gasteiger partial charge in [0.1, 0.15) is 17.2 Å². The molecule has 2 saturated heterocycles. The molecule has 8 nitrogen and oxygen atoms in total. The minimum atomic E-state index is -0.617. The van der Waals surface area contributed by atoms with Crippen LogP contribution in [-0.2, 0) is 0 Å². The van der Waals surface area contributed by atoms with E-state index in [1.165, 1.54) is 18.7 Å². The molecule has 0 spiro atoms. The first kappa shape index (κ1) is 29.5. The average molecular weight is 593 g/mol. The summed E-state index contributed by atoms with van der Waals surface area (Å²) in [6.45, 7) is 4.08. The van der Waals surface area contributed by atoms with Gasteiger partial charge in [-0.15, -0.1) is 0 Å². The molecule has 2 aliphatic heterocycles. The largest absolute Gasteiger partial charge is 0.355 e. The van der Waals surface area contributed by atoms with Crippen LogP contribution in [0.5, 0.6) is 0 Å². The molecular formula is C36H29FN8. The predicted octanol–water partition coefficient (Wildman–Crippen LogP) is 4.36. The summed E-state index contributed by atoms with van der Waals surface area (Å²) >= 11 is 0. The summed E-state index contributed by atoms with van der Waals surface area (Å²) in [6, 6.07) is 21.7. The van der Waals surface area contributed by atoms with Crippen molar-refractivity contribution in [2.75, 3.05) is 31.1 Å². The zero-order chi connectivity index (χ0) is 31.1. The molecule has 9 heteroatoms. The van der Waals surface area contributed by atoms with Crippen LogP contribution >= 0.6 is 0 Å². The number of nitrogens with one attached hydrogen (secondary N) is 1. The van der Waals surface area contributed by atoms with Crippen molar-refractivity contribution < 1.29 is 4.39 Å². The molecule has 4 fully saturated rings. The monoisotopic (exact) mass is 592 g/mol. The molecule has 2 aliphatic carbocycles. The molecule has 4 unspecified atom stereocenters. The summed E-state index contributed by atoms with van der Waals surface area (Å²) in [5, 5.41) is 20.6. The van der Waals surface area contributed by atoms with Gasteiger partial charge in [-0.05, 0) is 85.5 Å². The number of halogens is 1. The van der Waals surface area contributed by atoms with Gasteiger partial charge in [0, 0.05) is 55.9 Å². The van der Waals surface area contributed by atoms with Gasteiger partial charge in [0.2, 0.25) is 5.95 Å². The molecule has 0 amide bonds. The van der Waals surface area contributed by atoms with Crippen molar-refractivity contribution >= 4 is 5.82 Å². The Labute approximate surface area is 262 Å². The Kier molecular flexibility index (Phi) is 8.47. The molecular weight excluding hydrogens is 563 g/mol. The van der Waals surface area contributed by atoms with E-state index < -0.39 is 5.95 Å². The van der Waals surface area contributed by atoms with E-state index in [0.29, 0.717) is 22.5 Å². The first-order chi connectivity index (χ1) is 22.0. The summed E-state index contributed by atoms with van der Waals surface area (Å²) in [7, 11) is 0. The SMILES string of the molecule is C(#CC12CNCC1C2)c1ccccn1.N#Cc1ccnc(F)c1.N#Cc1ccnc(N2CC3CC3(C#Cc3ccccn3)C2)c1. The number of nitrogens with zero attached hydrogens (tertiary/aromatic N) is 7. The number of nitriles is 2. The van der Waals surface area contributed by atoms with E-state index in [1.54, 1.807) is 30.7 Å². The van der Waals surface area contributed by atoms with Crippen LogP contribution in [0.3, 0.4) is 0 Å². The van der Waals surface area contributed by atoms with E-state index in [2.05, 4.69) is 59.9 Å². The normalized spacial score (nSPS) is 24.1. The van der Waals surface area contributed by atoms with Gasteiger partial charge in [-0.3, -0.25) is 0 Å². The maximum Gasteiger partial charge on any atom is 0.214 e. The number of pyridine rings is 4. The Morgan fingerprint density at radius 2 is 1.40 bits per heavy atom. The third-order valence-electron chi connectivity index (χ3n) is 8.47. The fourth-order valence-electron chi connectivity index (χ4n) is 5.77. The van der Waals surface area contributed by atoms with Crippen molar-refractivity contribution in [3.63, 3.8) is 0 Å². The molecule has 8 rings (SSSR count). The van der Waals surface area contributed by atoms with Gasteiger partial charge in [0.05, 0.1) is 28.7 Å². The summed E-state index contributed by atoms with van der Waals surface area (Å²) in [4.78, 5) is 18.3. The third-order valence-corrected chi connectivity index (χ3v) is 8.47. The van der Waals surface area contributed by atoms with Gasteiger partial charge < -0.3 is 10.2 Å². The Morgan fingerprint density at radius 3 is 1.96 bits per heavy atom. The number of rotatable bonds is 1. The van der Waals surface area contributed by atoms with Gasteiger partial charge in [0.15, 0.2) is 0 Å². The van der Waals surface area contributed by atoms with Crippen molar-refractivity contribution in [3.8, 4) is 35.8 Å². The molecule has 6 heterocycles. The summed E-state index contributed by atoms with van der Waals surface area (Å²) < 4.78 is 12.1. The first-order valence-corrected chi connectivity index (χ1v) is 14.7. The highest BCUT2D eigenvalue weighted by molar-refractivity contribution is 5.50. The highest BCUT2D eigenvalue weighted by Crippen LogP contribution is 2.58. The molecule has 4 atom stereocenters. The van der Waals surface area contributed by atoms with Crippen LogP contribution in [0.1, 0.15) is 35.4 Å². The van der Waals surface area contributed by atoms with Crippen LogP contribution in [0.2, 0.25) is 0 Å². The number of hydrogen-bond acceptors (Lipinski definition) is 8. The van der Waals surface area contributed by atoms with Crippen molar-refractivity contribution in [3.05, 3.63) is 114 Å². The van der Waals surface area contributed by atoms with E-state index >= 15 is 0 Å². The molecule has 0 radical (unpaired) electrons. The lowest BCUT2D eigenvalue weighted by atomic mass is 10.1. The van der Waals surface area contributed by atoms with Crippen LogP contribution < -0.4 is 10.2 Å². The molecule has 4 aliphatic rings. The van der Waals surface area contributed by atoms with Crippen LogP contribution in [0, 0.1) is 75.0 Å².